The molecule has 1 N–H and O–H groups in total. The number of halogens is 1. The Labute approximate surface area is 119 Å². The van der Waals surface area contributed by atoms with Crippen LogP contribution >= 0.6 is 12.4 Å². The molecule has 1 aromatic heterocycles. The van der Waals surface area contributed by atoms with Gasteiger partial charge in [-0.25, -0.2) is 0 Å². The molecule has 19 heavy (non-hydrogen) atoms. The van der Waals surface area contributed by atoms with Crippen LogP contribution in [-0.4, -0.2) is 42.1 Å². The number of piperidine rings is 1. The van der Waals surface area contributed by atoms with Crippen molar-refractivity contribution in [2.45, 2.75) is 26.2 Å². The summed E-state index contributed by atoms with van der Waals surface area (Å²) in [5.41, 5.74) is 1.19. The summed E-state index contributed by atoms with van der Waals surface area (Å²) in [7, 11) is 0. The standard InChI is InChI=1S/C13H19N3O2.ClH/c1-10-8-11(18-15-10)12(17)16-6-3-13(4-7-16)2-5-14-9-13;/h8,14H,2-7,9H2,1H3;1H. The van der Waals surface area contributed by atoms with Gasteiger partial charge in [0, 0.05) is 25.7 Å². The Morgan fingerprint density at radius 1 is 1.42 bits per heavy atom. The zero-order valence-electron chi connectivity index (χ0n) is 11.1. The number of carbonyl (C=O) groups is 1. The molecule has 1 spiro atoms. The van der Waals surface area contributed by atoms with Gasteiger partial charge in [0.15, 0.2) is 0 Å². The van der Waals surface area contributed by atoms with E-state index >= 15 is 0 Å². The molecule has 2 fully saturated rings. The van der Waals surface area contributed by atoms with Crippen molar-refractivity contribution in [1.29, 1.82) is 0 Å². The van der Waals surface area contributed by atoms with Crippen LogP contribution in [-0.2, 0) is 0 Å². The molecular weight excluding hydrogens is 266 g/mol. The van der Waals surface area contributed by atoms with Crippen molar-refractivity contribution in [3.8, 4) is 0 Å². The first kappa shape index (κ1) is 14.3. The molecule has 1 aromatic rings. The third kappa shape index (κ3) is 2.77. The maximum absolute atomic E-state index is 12.2. The highest BCUT2D eigenvalue weighted by atomic mass is 35.5. The monoisotopic (exact) mass is 285 g/mol. The van der Waals surface area contributed by atoms with Crippen LogP contribution in [0.2, 0.25) is 0 Å². The number of nitrogens with zero attached hydrogens (tertiary/aromatic N) is 2. The predicted molar refractivity (Wildman–Crippen MR) is 73.5 cm³/mol. The van der Waals surface area contributed by atoms with Gasteiger partial charge in [-0.2, -0.15) is 0 Å². The third-order valence-corrected chi connectivity index (χ3v) is 4.28. The van der Waals surface area contributed by atoms with Crippen molar-refractivity contribution in [2.75, 3.05) is 26.2 Å². The SMILES string of the molecule is Cc1cc(C(=O)N2CCC3(CCNC3)CC2)on1.Cl. The van der Waals surface area contributed by atoms with Gasteiger partial charge in [0.25, 0.3) is 5.91 Å². The van der Waals surface area contributed by atoms with Crippen LogP contribution < -0.4 is 5.32 Å². The van der Waals surface area contributed by atoms with E-state index in [-0.39, 0.29) is 18.3 Å². The van der Waals surface area contributed by atoms with Gasteiger partial charge in [-0.1, -0.05) is 5.16 Å². The lowest BCUT2D eigenvalue weighted by molar-refractivity contribution is 0.0568. The molecule has 2 saturated heterocycles. The molecule has 0 aliphatic carbocycles. The van der Waals surface area contributed by atoms with Crippen molar-refractivity contribution in [2.24, 2.45) is 5.41 Å². The van der Waals surface area contributed by atoms with Crippen molar-refractivity contribution < 1.29 is 9.32 Å². The van der Waals surface area contributed by atoms with Crippen molar-refractivity contribution in [3.05, 3.63) is 17.5 Å². The highest BCUT2D eigenvalue weighted by Crippen LogP contribution is 2.37. The minimum Gasteiger partial charge on any atom is -0.351 e. The third-order valence-electron chi connectivity index (χ3n) is 4.28. The number of hydrogen-bond acceptors (Lipinski definition) is 4. The summed E-state index contributed by atoms with van der Waals surface area (Å²) in [5.74, 6) is 0.351. The van der Waals surface area contributed by atoms with Gasteiger partial charge < -0.3 is 14.7 Å². The molecule has 5 nitrogen and oxygen atoms in total. The maximum Gasteiger partial charge on any atom is 0.292 e. The molecule has 0 unspecified atom stereocenters. The fourth-order valence-electron chi connectivity index (χ4n) is 3.03. The molecule has 0 atom stereocenters. The fourth-order valence-corrected chi connectivity index (χ4v) is 3.03. The van der Waals surface area contributed by atoms with Crippen LogP contribution in [0.25, 0.3) is 0 Å². The first-order chi connectivity index (χ1) is 8.69. The van der Waals surface area contributed by atoms with E-state index in [1.165, 1.54) is 6.42 Å². The van der Waals surface area contributed by atoms with Crippen molar-refractivity contribution in [1.82, 2.24) is 15.4 Å². The topological polar surface area (TPSA) is 58.4 Å². The van der Waals surface area contributed by atoms with E-state index in [0.29, 0.717) is 11.2 Å². The molecule has 3 heterocycles. The zero-order chi connectivity index (χ0) is 12.6. The fraction of sp³-hybridized carbons (Fsp3) is 0.692. The number of nitrogens with one attached hydrogen (secondary N) is 1. The highest BCUT2D eigenvalue weighted by Gasteiger charge is 2.38. The first-order valence-electron chi connectivity index (χ1n) is 6.62. The summed E-state index contributed by atoms with van der Waals surface area (Å²) in [4.78, 5) is 14.1. The number of hydrogen-bond donors (Lipinski definition) is 1. The average Bonchev–Trinajstić information content (AvgIpc) is 3.00. The zero-order valence-corrected chi connectivity index (χ0v) is 12.0. The summed E-state index contributed by atoms with van der Waals surface area (Å²) < 4.78 is 5.04. The predicted octanol–water partition coefficient (Wildman–Crippen LogP) is 1.62. The lowest BCUT2D eigenvalue weighted by Gasteiger charge is -2.38. The maximum atomic E-state index is 12.2. The molecule has 1 amide bonds. The van der Waals surface area contributed by atoms with E-state index in [9.17, 15) is 4.79 Å². The number of aryl methyl sites for hydroxylation is 1. The van der Waals surface area contributed by atoms with Gasteiger partial charge in [-0.05, 0) is 38.1 Å². The Morgan fingerprint density at radius 2 is 2.16 bits per heavy atom. The summed E-state index contributed by atoms with van der Waals surface area (Å²) in [5, 5.41) is 7.20. The molecule has 2 aliphatic rings. The molecule has 0 bridgehead atoms. The van der Waals surface area contributed by atoms with Gasteiger partial charge >= 0.3 is 0 Å². The first-order valence-corrected chi connectivity index (χ1v) is 6.62. The Bertz CT molecular complexity index is 444. The van der Waals surface area contributed by atoms with Crippen LogP contribution in [0.4, 0.5) is 0 Å². The molecular formula is C13H20ClN3O2. The second-order valence-corrected chi connectivity index (χ2v) is 5.55. The summed E-state index contributed by atoms with van der Waals surface area (Å²) in [6.45, 7) is 5.72. The van der Waals surface area contributed by atoms with E-state index in [2.05, 4.69) is 10.5 Å². The van der Waals surface area contributed by atoms with Crippen LogP contribution in [0.1, 0.15) is 35.5 Å². The molecule has 0 aromatic carbocycles. The Hall–Kier alpha value is -1.07. The second-order valence-electron chi connectivity index (χ2n) is 5.55. The molecule has 0 saturated carbocycles. The molecule has 3 rings (SSSR count). The Morgan fingerprint density at radius 3 is 2.68 bits per heavy atom. The number of likely N-dealkylation sites (tertiary alicyclic amines) is 1. The van der Waals surface area contributed by atoms with Gasteiger partial charge in [0.05, 0.1) is 5.69 Å². The van der Waals surface area contributed by atoms with Crippen molar-refractivity contribution >= 4 is 18.3 Å². The molecule has 0 radical (unpaired) electrons. The van der Waals surface area contributed by atoms with Crippen LogP contribution in [0.3, 0.4) is 0 Å². The smallest absolute Gasteiger partial charge is 0.292 e. The quantitative estimate of drug-likeness (QED) is 0.852. The van der Waals surface area contributed by atoms with Crippen molar-refractivity contribution in [3.63, 3.8) is 0 Å². The minimum atomic E-state index is -0.0172. The van der Waals surface area contributed by atoms with E-state index in [1.54, 1.807) is 6.07 Å². The van der Waals surface area contributed by atoms with Gasteiger partial charge in [-0.15, -0.1) is 12.4 Å². The molecule has 2 aliphatic heterocycles. The normalized spacial score (nSPS) is 21.4. The van der Waals surface area contributed by atoms with E-state index in [0.717, 1.165) is 44.7 Å². The van der Waals surface area contributed by atoms with Crippen LogP contribution in [0, 0.1) is 12.3 Å². The van der Waals surface area contributed by atoms with Gasteiger partial charge in [-0.3, -0.25) is 4.79 Å². The lowest BCUT2D eigenvalue weighted by Crippen LogP contribution is -2.43. The van der Waals surface area contributed by atoms with Crippen LogP contribution in [0.5, 0.6) is 0 Å². The van der Waals surface area contributed by atoms with E-state index < -0.39 is 0 Å². The van der Waals surface area contributed by atoms with Crippen LogP contribution in [0.15, 0.2) is 10.6 Å². The Kier molecular flexibility index (Phi) is 4.16. The summed E-state index contributed by atoms with van der Waals surface area (Å²) in [6.07, 6.45) is 3.44. The van der Waals surface area contributed by atoms with E-state index in [1.807, 2.05) is 11.8 Å². The summed E-state index contributed by atoms with van der Waals surface area (Å²) in [6, 6.07) is 1.71. The van der Waals surface area contributed by atoms with Gasteiger partial charge in [0.1, 0.15) is 0 Å². The summed E-state index contributed by atoms with van der Waals surface area (Å²) >= 11 is 0. The minimum absolute atomic E-state index is 0. The highest BCUT2D eigenvalue weighted by molar-refractivity contribution is 5.91. The number of aromatic nitrogens is 1. The second kappa shape index (κ2) is 5.51. The number of rotatable bonds is 1. The van der Waals surface area contributed by atoms with Gasteiger partial charge in [0.2, 0.25) is 5.76 Å². The number of amides is 1. The lowest BCUT2D eigenvalue weighted by atomic mass is 9.78. The molecule has 106 valence electrons. The molecule has 6 heteroatoms. The van der Waals surface area contributed by atoms with E-state index in [4.69, 9.17) is 4.52 Å². The Balaban J connectivity index is 0.00000133. The number of carbonyl (C=O) groups excluding carboxylic acids is 1. The average molecular weight is 286 g/mol. The largest absolute Gasteiger partial charge is 0.351 e.